The van der Waals surface area contributed by atoms with E-state index in [-0.39, 0.29) is 5.75 Å². The van der Waals surface area contributed by atoms with Gasteiger partial charge in [0.2, 0.25) is 5.89 Å². The molecule has 0 saturated carbocycles. The highest BCUT2D eigenvalue weighted by Gasteiger charge is 2.16. The molecule has 0 bridgehead atoms. The lowest BCUT2D eigenvalue weighted by Crippen LogP contribution is -2.08. The van der Waals surface area contributed by atoms with Crippen molar-refractivity contribution >= 4 is 37.5 Å². The van der Waals surface area contributed by atoms with E-state index in [0.717, 1.165) is 15.6 Å². The first-order valence-corrected chi connectivity index (χ1v) is 10.9. The van der Waals surface area contributed by atoms with E-state index in [4.69, 9.17) is 4.42 Å². The molecule has 0 N–H and O–H groups in total. The number of aryl methyl sites for hydroxylation is 1. The number of halogens is 1. The second-order valence-electron chi connectivity index (χ2n) is 5.36. The van der Waals surface area contributed by atoms with Crippen LogP contribution in [0.5, 0.6) is 0 Å². The number of hydrogen-bond donors (Lipinski definition) is 0. The van der Waals surface area contributed by atoms with Gasteiger partial charge in [0, 0.05) is 15.8 Å². The summed E-state index contributed by atoms with van der Waals surface area (Å²) in [5.74, 6) is 0.772. The van der Waals surface area contributed by atoms with Gasteiger partial charge in [-0.3, -0.25) is 0 Å². The van der Waals surface area contributed by atoms with Gasteiger partial charge in [0.25, 0.3) is 5.22 Å². The van der Waals surface area contributed by atoms with E-state index >= 15 is 0 Å². The molecule has 0 aliphatic rings. The summed E-state index contributed by atoms with van der Waals surface area (Å²) in [6.45, 7) is 2.00. The zero-order valence-corrected chi connectivity index (χ0v) is 16.6. The number of sulfone groups is 1. The minimum atomic E-state index is -3.33. The summed E-state index contributed by atoms with van der Waals surface area (Å²) in [6.07, 6.45) is 0. The van der Waals surface area contributed by atoms with Crippen molar-refractivity contribution in [2.75, 3.05) is 11.5 Å². The molecule has 0 spiro atoms. The lowest BCUT2D eigenvalue weighted by Gasteiger charge is -2.03. The predicted molar refractivity (Wildman–Crippen MR) is 101 cm³/mol. The molecule has 2 aromatic carbocycles. The van der Waals surface area contributed by atoms with Gasteiger partial charge in [-0.15, -0.1) is 10.2 Å². The maximum absolute atomic E-state index is 12.3. The van der Waals surface area contributed by atoms with E-state index in [9.17, 15) is 8.42 Å². The van der Waals surface area contributed by atoms with Gasteiger partial charge in [0.15, 0.2) is 9.84 Å². The molecule has 5 nitrogen and oxygen atoms in total. The first kappa shape index (κ1) is 18.2. The Hall–Kier alpha value is -1.64. The van der Waals surface area contributed by atoms with Crippen LogP contribution in [-0.2, 0) is 9.84 Å². The van der Waals surface area contributed by atoms with Crippen LogP contribution < -0.4 is 0 Å². The fraction of sp³-hybridized carbons (Fsp3) is 0.176. The Labute approximate surface area is 158 Å². The molecule has 0 unspecified atom stereocenters. The molecule has 1 heterocycles. The minimum Gasteiger partial charge on any atom is -0.411 e. The van der Waals surface area contributed by atoms with Gasteiger partial charge < -0.3 is 4.42 Å². The van der Waals surface area contributed by atoms with Crippen molar-refractivity contribution in [3.63, 3.8) is 0 Å². The van der Waals surface area contributed by atoms with Crippen LogP contribution in [0.25, 0.3) is 11.5 Å². The summed E-state index contributed by atoms with van der Waals surface area (Å²) in [5, 5.41) is 8.33. The normalized spacial score (nSPS) is 11.6. The number of hydrogen-bond acceptors (Lipinski definition) is 6. The van der Waals surface area contributed by atoms with Gasteiger partial charge >= 0.3 is 0 Å². The Balaban J connectivity index is 1.61. The molecule has 3 rings (SSSR count). The molecule has 25 heavy (non-hydrogen) atoms. The first-order chi connectivity index (χ1) is 11.9. The third kappa shape index (κ3) is 4.71. The Kier molecular flexibility index (Phi) is 5.61. The van der Waals surface area contributed by atoms with E-state index < -0.39 is 9.84 Å². The standard InChI is InChI=1S/C17H15BrN2O3S2/c1-12-2-4-13(5-3-12)16-19-20-17(23-16)24-10-11-25(21,22)15-8-6-14(18)7-9-15/h2-9H,10-11H2,1H3. The largest absolute Gasteiger partial charge is 0.411 e. The highest BCUT2D eigenvalue weighted by Crippen LogP contribution is 2.24. The molecule has 0 radical (unpaired) electrons. The van der Waals surface area contributed by atoms with Crippen LogP contribution in [0.15, 0.2) is 67.5 Å². The summed E-state index contributed by atoms with van der Waals surface area (Å²) in [5.41, 5.74) is 1.99. The average molecular weight is 439 g/mol. The molecular weight excluding hydrogens is 424 g/mol. The van der Waals surface area contributed by atoms with Crippen LogP contribution in [0.3, 0.4) is 0 Å². The van der Waals surface area contributed by atoms with Crippen molar-refractivity contribution in [1.29, 1.82) is 0 Å². The molecule has 130 valence electrons. The number of benzene rings is 2. The van der Waals surface area contributed by atoms with Crippen LogP contribution >= 0.6 is 27.7 Å². The highest BCUT2D eigenvalue weighted by molar-refractivity contribution is 9.10. The molecule has 0 saturated heterocycles. The van der Waals surface area contributed by atoms with Crippen LogP contribution in [0.2, 0.25) is 0 Å². The lowest BCUT2D eigenvalue weighted by atomic mass is 10.1. The van der Waals surface area contributed by atoms with E-state index in [0.29, 0.717) is 21.8 Å². The van der Waals surface area contributed by atoms with E-state index in [1.807, 2.05) is 31.2 Å². The zero-order valence-electron chi connectivity index (χ0n) is 13.3. The molecule has 1 aromatic heterocycles. The fourth-order valence-electron chi connectivity index (χ4n) is 2.08. The Bertz CT molecular complexity index is 952. The van der Waals surface area contributed by atoms with Gasteiger partial charge in [-0.25, -0.2) is 8.42 Å². The SMILES string of the molecule is Cc1ccc(-c2nnc(SCCS(=O)(=O)c3ccc(Br)cc3)o2)cc1. The van der Waals surface area contributed by atoms with Crippen LogP contribution in [-0.4, -0.2) is 30.1 Å². The maximum atomic E-state index is 12.3. The molecule has 0 aliphatic heterocycles. The first-order valence-electron chi connectivity index (χ1n) is 7.46. The number of rotatable bonds is 6. The van der Waals surface area contributed by atoms with E-state index in [2.05, 4.69) is 26.1 Å². The second kappa shape index (κ2) is 7.72. The van der Waals surface area contributed by atoms with Crippen molar-refractivity contribution in [3.8, 4) is 11.5 Å². The molecule has 0 amide bonds. The Morgan fingerprint density at radius 2 is 1.72 bits per heavy atom. The minimum absolute atomic E-state index is 0.00153. The van der Waals surface area contributed by atoms with Crippen LogP contribution in [0.1, 0.15) is 5.56 Å². The van der Waals surface area contributed by atoms with Crippen LogP contribution in [0, 0.1) is 6.92 Å². The third-order valence-corrected chi connectivity index (χ3v) is 6.79. The van der Waals surface area contributed by atoms with Gasteiger partial charge in [-0.2, -0.15) is 0 Å². The van der Waals surface area contributed by atoms with Crippen molar-refractivity contribution in [2.24, 2.45) is 0 Å². The summed E-state index contributed by atoms with van der Waals surface area (Å²) < 4.78 is 31.0. The van der Waals surface area contributed by atoms with Gasteiger partial charge in [-0.1, -0.05) is 45.4 Å². The van der Waals surface area contributed by atoms with E-state index in [1.165, 1.54) is 11.8 Å². The number of thioether (sulfide) groups is 1. The van der Waals surface area contributed by atoms with Crippen molar-refractivity contribution < 1.29 is 12.8 Å². The summed E-state index contributed by atoms with van der Waals surface area (Å²) in [4.78, 5) is 0.308. The highest BCUT2D eigenvalue weighted by atomic mass is 79.9. The zero-order chi connectivity index (χ0) is 17.9. The molecule has 0 fully saturated rings. The van der Waals surface area contributed by atoms with Crippen molar-refractivity contribution in [1.82, 2.24) is 10.2 Å². The quantitative estimate of drug-likeness (QED) is 0.531. The Morgan fingerprint density at radius 1 is 1.04 bits per heavy atom. The molecule has 0 atom stereocenters. The number of aromatic nitrogens is 2. The monoisotopic (exact) mass is 438 g/mol. The topological polar surface area (TPSA) is 73.1 Å². The predicted octanol–water partition coefficient (Wildman–Crippen LogP) is 4.37. The van der Waals surface area contributed by atoms with Gasteiger partial charge in [-0.05, 0) is 43.3 Å². The Morgan fingerprint density at radius 3 is 2.40 bits per heavy atom. The van der Waals surface area contributed by atoms with Crippen LogP contribution in [0.4, 0.5) is 0 Å². The molecular formula is C17H15BrN2O3S2. The molecule has 3 aromatic rings. The van der Waals surface area contributed by atoms with Crippen molar-refractivity contribution in [3.05, 3.63) is 58.6 Å². The summed E-state index contributed by atoms with van der Waals surface area (Å²) in [6, 6.07) is 14.4. The second-order valence-corrected chi connectivity index (χ2v) is 9.43. The lowest BCUT2D eigenvalue weighted by molar-refractivity contribution is 0.466. The summed E-state index contributed by atoms with van der Waals surface area (Å²) in [7, 11) is -3.33. The molecule has 8 heteroatoms. The average Bonchev–Trinajstić information content (AvgIpc) is 3.04. The van der Waals surface area contributed by atoms with Crippen molar-refractivity contribution in [2.45, 2.75) is 17.0 Å². The molecule has 0 aliphatic carbocycles. The summed E-state index contributed by atoms with van der Waals surface area (Å²) >= 11 is 4.53. The van der Waals surface area contributed by atoms with Gasteiger partial charge in [0.1, 0.15) is 0 Å². The van der Waals surface area contributed by atoms with Gasteiger partial charge in [0.05, 0.1) is 10.6 Å². The smallest absolute Gasteiger partial charge is 0.276 e. The maximum Gasteiger partial charge on any atom is 0.276 e. The van der Waals surface area contributed by atoms with E-state index in [1.54, 1.807) is 24.3 Å². The number of nitrogens with zero attached hydrogens (tertiary/aromatic N) is 2. The third-order valence-electron chi connectivity index (χ3n) is 3.46. The fourth-order valence-corrected chi connectivity index (χ4v) is 4.75.